The molecule has 1 aromatic heterocycles. The molecule has 0 N–H and O–H groups in total. The summed E-state index contributed by atoms with van der Waals surface area (Å²) in [6.45, 7) is 2.93. The Labute approximate surface area is 155 Å². The molecule has 4 heteroatoms. The number of benzene rings is 2. The van der Waals surface area contributed by atoms with Crippen molar-refractivity contribution in [1.29, 1.82) is 0 Å². The fourth-order valence-electron chi connectivity index (χ4n) is 3.32. The molecule has 1 aliphatic heterocycles. The van der Waals surface area contributed by atoms with Gasteiger partial charge in [0.05, 0.1) is 11.0 Å². The summed E-state index contributed by atoms with van der Waals surface area (Å²) in [7, 11) is 4.29. The molecule has 0 saturated carbocycles. The SMILES string of the molecule is CN(C)C1CN(c2nc3ccccc3n2CCC#Cc2ccccc2)C1. The molecular weight excluding hydrogens is 320 g/mol. The normalized spacial score (nSPS) is 14.3. The quantitative estimate of drug-likeness (QED) is 0.679. The summed E-state index contributed by atoms with van der Waals surface area (Å²) in [6, 6.07) is 19.2. The zero-order valence-electron chi connectivity index (χ0n) is 15.4. The number of fused-ring (bicyclic) bond motifs is 1. The standard InChI is InChI=1S/C22H24N4/c1-24(2)19-16-25(17-19)22-23-20-13-6-7-14-21(20)26(22)15-9-8-12-18-10-4-3-5-11-18/h3-7,10-11,13-14,19H,9,15-17H2,1-2H3. The molecule has 26 heavy (non-hydrogen) atoms. The molecule has 132 valence electrons. The van der Waals surface area contributed by atoms with E-state index in [9.17, 15) is 0 Å². The maximum absolute atomic E-state index is 4.89. The highest BCUT2D eigenvalue weighted by atomic mass is 15.4. The number of para-hydroxylation sites is 2. The fourth-order valence-corrected chi connectivity index (χ4v) is 3.32. The number of aromatic nitrogens is 2. The van der Waals surface area contributed by atoms with E-state index in [-0.39, 0.29) is 0 Å². The Balaban J connectivity index is 1.54. The Morgan fingerprint density at radius 2 is 1.77 bits per heavy atom. The van der Waals surface area contributed by atoms with Crippen molar-refractivity contribution in [3.63, 3.8) is 0 Å². The third-order valence-electron chi connectivity index (χ3n) is 4.98. The predicted molar refractivity (Wildman–Crippen MR) is 107 cm³/mol. The molecule has 0 bridgehead atoms. The summed E-state index contributed by atoms with van der Waals surface area (Å²) in [5.74, 6) is 7.63. The van der Waals surface area contributed by atoms with E-state index in [1.165, 1.54) is 5.52 Å². The Bertz CT molecular complexity index is 940. The van der Waals surface area contributed by atoms with Gasteiger partial charge in [-0.05, 0) is 38.4 Å². The third kappa shape index (κ3) is 3.31. The first-order chi connectivity index (χ1) is 12.7. The number of aryl methyl sites for hydroxylation is 1. The van der Waals surface area contributed by atoms with Gasteiger partial charge < -0.3 is 14.4 Å². The molecular formula is C22H24N4. The summed E-state index contributed by atoms with van der Waals surface area (Å²) >= 11 is 0. The summed E-state index contributed by atoms with van der Waals surface area (Å²) in [4.78, 5) is 9.54. The summed E-state index contributed by atoms with van der Waals surface area (Å²) in [5, 5.41) is 0. The van der Waals surface area contributed by atoms with Crippen molar-refractivity contribution in [3.05, 3.63) is 60.2 Å². The minimum absolute atomic E-state index is 0.612. The van der Waals surface area contributed by atoms with Gasteiger partial charge in [-0.3, -0.25) is 0 Å². The van der Waals surface area contributed by atoms with Gasteiger partial charge in [-0.15, -0.1) is 0 Å². The summed E-state index contributed by atoms with van der Waals surface area (Å²) in [6.07, 6.45) is 0.813. The maximum Gasteiger partial charge on any atom is 0.206 e. The largest absolute Gasteiger partial charge is 0.339 e. The van der Waals surface area contributed by atoms with Crippen LogP contribution < -0.4 is 4.90 Å². The van der Waals surface area contributed by atoms with Gasteiger partial charge in [0.2, 0.25) is 5.95 Å². The van der Waals surface area contributed by atoms with E-state index < -0.39 is 0 Å². The van der Waals surface area contributed by atoms with Gasteiger partial charge in [-0.1, -0.05) is 42.2 Å². The first-order valence-corrected chi connectivity index (χ1v) is 9.13. The maximum atomic E-state index is 4.89. The van der Waals surface area contributed by atoms with Crippen molar-refractivity contribution in [1.82, 2.24) is 14.5 Å². The van der Waals surface area contributed by atoms with Gasteiger partial charge in [0.25, 0.3) is 0 Å². The number of nitrogens with zero attached hydrogens (tertiary/aromatic N) is 4. The molecule has 0 radical (unpaired) electrons. The van der Waals surface area contributed by atoms with E-state index >= 15 is 0 Å². The molecule has 0 amide bonds. The average Bonchev–Trinajstić information content (AvgIpc) is 2.96. The molecule has 3 aromatic rings. The monoisotopic (exact) mass is 344 g/mol. The minimum Gasteiger partial charge on any atom is -0.339 e. The van der Waals surface area contributed by atoms with Crippen LogP contribution in [0.1, 0.15) is 12.0 Å². The van der Waals surface area contributed by atoms with E-state index in [0.29, 0.717) is 6.04 Å². The van der Waals surface area contributed by atoms with Gasteiger partial charge in [-0.2, -0.15) is 0 Å². The van der Waals surface area contributed by atoms with Crippen LogP contribution in [0.25, 0.3) is 11.0 Å². The summed E-state index contributed by atoms with van der Waals surface area (Å²) < 4.78 is 2.32. The van der Waals surface area contributed by atoms with Crippen LogP contribution in [0.3, 0.4) is 0 Å². The van der Waals surface area contributed by atoms with Crippen molar-refractivity contribution in [3.8, 4) is 11.8 Å². The second kappa shape index (κ2) is 7.23. The first kappa shape index (κ1) is 16.7. The molecule has 1 fully saturated rings. The van der Waals surface area contributed by atoms with Crippen LogP contribution in [0.4, 0.5) is 5.95 Å². The average molecular weight is 344 g/mol. The van der Waals surface area contributed by atoms with E-state index in [1.807, 2.05) is 30.3 Å². The second-order valence-corrected chi connectivity index (χ2v) is 6.99. The predicted octanol–water partition coefficient (Wildman–Crippen LogP) is 3.23. The van der Waals surface area contributed by atoms with Crippen LogP contribution in [-0.2, 0) is 6.54 Å². The van der Waals surface area contributed by atoms with Gasteiger partial charge in [0.15, 0.2) is 0 Å². The van der Waals surface area contributed by atoms with Gasteiger partial charge in [0.1, 0.15) is 0 Å². The Morgan fingerprint density at radius 1 is 1.04 bits per heavy atom. The van der Waals surface area contributed by atoms with Crippen molar-refractivity contribution in [2.24, 2.45) is 0 Å². The number of rotatable bonds is 4. The van der Waals surface area contributed by atoms with Crippen molar-refractivity contribution >= 4 is 17.0 Å². The lowest BCUT2D eigenvalue weighted by molar-refractivity contribution is 0.244. The van der Waals surface area contributed by atoms with Crippen LogP contribution in [0.2, 0.25) is 0 Å². The van der Waals surface area contributed by atoms with Crippen molar-refractivity contribution < 1.29 is 0 Å². The minimum atomic E-state index is 0.612. The smallest absolute Gasteiger partial charge is 0.206 e. The Morgan fingerprint density at radius 3 is 2.54 bits per heavy atom. The molecule has 1 saturated heterocycles. The molecule has 0 unspecified atom stereocenters. The van der Waals surface area contributed by atoms with Crippen molar-refractivity contribution in [2.75, 3.05) is 32.1 Å². The first-order valence-electron chi connectivity index (χ1n) is 9.13. The van der Waals surface area contributed by atoms with Crippen LogP contribution in [-0.4, -0.2) is 47.7 Å². The molecule has 0 atom stereocenters. The Kier molecular flexibility index (Phi) is 4.64. The highest BCUT2D eigenvalue weighted by Crippen LogP contribution is 2.27. The molecule has 1 aliphatic rings. The van der Waals surface area contributed by atoms with Crippen LogP contribution in [0, 0.1) is 11.8 Å². The number of hydrogen-bond acceptors (Lipinski definition) is 3. The van der Waals surface area contributed by atoms with Crippen molar-refractivity contribution in [2.45, 2.75) is 19.0 Å². The zero-order valence-corrected chi connectivity index (χ0v) is 15.4. The lowest BCUT2D eigenvalue weighted by atomic mass is 10.1. The van der Waals surface area contributed by atoms with Gasteiger partial charge >= 0.3 is 0 Å². The van der Waals surface area contributed by atoms with Gasteiger partial charge in [-0.25, -0.2) is 4.98 Å². The molecule has 4 rings (SSSR count). The second-order valence-electron chi connectivity index (χ2n) is 6.99. The van der Waals surface area contributed by atoms with Gasteiger partial charge in [0, 0.05) is 37.7 Å². The molecule has 0 aliphatic carbocycles. The zero-order chi connectivity index (χ0) is 17.9. The highest BCUT2D eigenvalue weighted by molar-refractivity contribution is 5.79. The van der Waals surface area contributed by atoms with E-state index in [4.69, 9.17) is 4.98 Å². The number of likely N-dealkylation sites (N-methyl/N-ethyl adjacent to an activating group) is 1. The Hall–Kier alpha value is -2.77. The third-order valence-corrected chi connectivity index (χ3v) is 4.98. The molecule has 4 nitrogen and oxygen atoms in total. The van der Waals surface area contributed by atoms with Crippen LogP contribution >= 0.6 is 0 Å². The topological polar surface area (TPSA) is 24.3 Å². The van der Waals surface area contributed by atoms with E-state index in [2.05, 4.69) is 64.6 Å². The lowest BCUT2D eigenvalue weighted by Gasteiger charge is -2.43. The number of imidazole rings is 1. The molecule has 2 heterocycles. The van der Waals surface area contributed by atoms with E-state index in [1.54, 1.807) is 0 Å². The molecule has 0 spiro atoms. The highest BCUT2D eigenvalue weighted by Gasteiger charge is 2.31. The summed E-state index contributed by atoms with van der Waals surface area (Å²) in [5.41, 5.74) is 3.32. The molecule has 2 aromatic carbocycles. The number of hydrogen-bond donors (Lipinski definition) is 0. The fraction of sp³-hybridized carbons (Fsp3) is 0.318. The lowest BCUT2D eigenvalue weighted by Crippen LogP contribution is -2.58. The number of anilines is 1. The van der Waals surface area contributed by atoms with Crippen LogP contribution in [0.5, 0.6) is 0 Å². The van der Waals surface area contributed by atoms with Crippen LogP contribution in [0.15, 0.2) is 54.6 Å². The van der Waals surface area contributed by atoms with E-state index in [0.717, 1.165) is 43.1 Å².